The molecule has 158 valence electrons. The van der Waals surface area contributed by atoms with Crippen molar-refractivity contribution < 1.29 is 9.53 Å². The maximum Gasteiger partial charge on any atom is 0.242 e. The maximum atomic E-state index is 12.5. The number of carbonyl (C=O) groups is 1. The monoisotopic (exact) mass is 418 g/mol. The summed E-state index contributed by atoms with van der Waals surface area (Å²) >= 11 is 0. The molecule has 0 bridgehead atoms. The van der Waals surface area contributed by atoms with Gasteiger partial charge in [-0.15, -0.1) is 5.10 Å². The van der Waals surface area contributed by atoms with E-state index in [9.17, 15) is 4.79 Å². The molecular formula is C21H22N8O2. The lowest BCUT2D eigenvalue weighted by molar-refractivity contribution is -0.121. The standard InChI is InChI=1S/C21H22N8O2/c30-20-17(7-3-4-8-22-20)25-21-24-16-6-2-1-5-15(16)19-26-18(27-29(19)21)13-9-23-28(10-13)14-11-31-12-14/h1-2,5-6,9-10,14,17H,3-4,7-8,11-12H2,(H,22,30)(H,24,25)/t17-/m1/s1. The predicted molar refractivity (Wildman–Crippen MR) is 114 cm³/mol. The first-order chi connectivity index (χ1) is 15.3. The van der Waals surface area contributed by atoms with E-state index in [0.29, 0.717) is 37.2 Å². The third-order valence-corrected chi connectivity index (χ3v) is 5.87. The van der Waals surface area contributed by atoms with Gasteiger partial charge in [0.15, 0.2) is 11.5 Å². The van der Waals surface area contributed by atoms with Gasteiger partial charge in [-0.3, -0.25) is 9.48 Å². The Kier molecular flexibility index (Phi) is 4.30. The fourth-order valence-electron chi connectivity index (χ4n) is 4.03. The van der Waals surface area contributed by atoms with Gasteiger partial charge >= 0.3 is 0 Å². The quantitative estimate of drug-likeness (QED) is 0.520. The van der Waals surface area contributed by atoms with Crippen LogP contribution in [0.3, 0.4) is 0 Å². The predicted octanol–water partition coefficient (Wildman–Crippen LogP) is 1.79. The number of rotatable bonds is 4. The van der Waals surface area contributed by atoms with Gasteiger partial charge in [0.2, 0.25) is 11.9 Å². The summed E-state index contributed by atoms with van der Waals surface area (Å²) in [6, 6.07) is 7.73. The molecule has 1 amide bonds. The van der Waals surface area contributed by atoms with Crippen LogP contribution in [0.5, 0.6) is 0 Å². The Morgan fingerprint density at radius 1 is 1.16 bits per heavy atom. The Hall–Kier alpha value is -3.53. The molecule has 5 heterocycles. The zero-order valence-electron chi connectivity index (χ0n) is 16.9. The van der Waals surface area contributed by atoms with Crippen LogP contribution in [-0.2, 0) is 9.53 Å². The molecule has 10 nitrogen and oxygen atoms in total. The first-order valence-corrected chi connectivity index (χ1v) is 10.6. The normalized spacial score (nSPS) is 19.9. The van der Waals surface area contributed by atoms with E-state index >= 15 is 0 Å². The van der Waals surface area contributed by atoms with Crippen LogP contribution in [0, 0.1) is 0 Å². The highest BCUT2D eigenvalue weighted by Gasteiger charge is 2.25. The molecular weight excluding hydrogens is 396 g/mol. The first kappa shape index (κ1) is 18.3. The number of aromatic nitrogens is 6. The van der Waals surface area contributed by atoms with Gasteiger partial charge in [0, 0.05) is 18.1 Å². The number of anilines is 1. The summed E-state index contributed by atoms with van der Waals surface area (Å²) in [5.41, 5.74) is 2.32. The number of ether oxygens (including phenoxy) is 1. The zero-order chi connectivity index (χ0) is 20.8. The molecule has 4 aromatic rings. The molecule has 0 unspecified atom stereocenters. The fraction of sp³-hybridized carbons (Fsp3) is 0.381. The van der Waals surface area contributed by atoms with E-state index in [1.807, 2.05) is 35.1 Å². The third-order valence-electron chi connectivity index (χ3n) is 5.87. The Bertz CT molecular complexity index is 1280. The number of benzene rings is 1. The summed E-state index contributed by atoms with van der Waals surface area (Å²) in [5, 5.41) is 16.3. The number of nitrogens with one attached hydrogen (secondary N) is 2. The van der Waals surface area contributed by atoms with Crippen LogP contribution < -0.4 is 10.6 Å². The van der Waals surface area contributed by atoms with Gasteiger partial charge in [-0.1, -0.05) is 12.1 Å². The van der Waals surface area contributed by atoms with Gasteiger partial charge in [-0.25, -0.2) is 9.97 Å². The SMILES string of the molecule is O=C1NCCCC[C@H]1Nc1nc2ccccc2c2nc(-c3cnn(C4COC4)c3)nn12. The van der Waals surface area contributed by atoms with E-state index in [4.69, 9.17) is 19.8 Å². The maximum absolute atomic E-state index is 12.5. The minimum atomic E-state index is -0.353. The van der Waals surface area contributed by atoms with Crippen molar-refractivity contribution in [1.82, 2.24) is 34.7 Å². The molecule has 2 aliphatic rings. The average molecular weight is 418 g/mol. The molecule has 6 rings (SSSR count). The van der Waals surface area contributed by atoms with Gasteiger partial charge in [0.25, 0.3) is 0 Å². The van der Waals surface area contributed by atoms with Crippen molar-refractivity contribution in [3.8, 4) is 11.4 Å². The smallest absolute Gasteiger partial charge is 0.242 e. The minimum Gasteiger partial charge on any atom is -0.377 e. The summed E-state index contributed by atoms with van der Waals surface area (Å²) in [4.78, 5) is 22.0. The van der Waals surface area contributed by atoms with Gasteiger partial charge < -0.3 is 15.4 Å². The van der Waals surface area contributed by atoms with Crippen molar-refractivity contribution in [1.29, 1.82) is 0 Å². The lowest BCUT2D eigenvalue weighted by Gasteiger charge is -2.25. The van der Waals surface area contributed by atoms with Crippen molar-refractivity contribution in [2.45, 2.75) is 31.3 Å². The largest absolute Gasteiger partial charge is 0.377 e. The lowest BCUT2D eigenvalue weighted by atomic mass is 10.1. The molecule has 10 heteroatoms. The van der Waals surface area contributed by atoms with E-state index < -0.39 is 0 Å². The molecule has 2 aliphatic heterocycles. The van der Waals surface area contributed by atoms with Crippen molar-refractivity contribution >= 4 is 28.4 Å². The number of fused-ring (bicyclic) bond motifs is 3. The third kappa shape index (κ3) is 3.19. The molecule has 0 radical (unpaired) electrons. The van der Waals surface area contributed by atoms with Crippen LogP contribution in [0.4, 0.5) is 5.95 Å². The fourth-order valence-corrected chi connectivity index (χ4v) is 4.03. The van der Waals surface area contributed by atoms with Crippen LogP contribution in [0.25, 0.3) is 27.9 Å². The molecule has 0 spiro atoms. The average Bonchev–Trinajstić information content (AvgIpc) is 3.34. The number of nitrogens with zero attached hydrogens (tertiary/aromatic N) is 6. The molecule has 0 saturated carbocycles. The molecule has 3 aromatic heterocycles. The number of carbonyl (C=O) groups excluding carboxylic acids is 1. The molecule has 0 aliphatic carbocycles. The van der Waals surface area contributed by atoms with E-state index in [0.717, 1.165) is 35.7 Å². The Balaban J connectivity index is 1.44. The Morgan fingerprint density at radius 2 is 2.06 bits per heavy atom. The van der Waals surface area contributed by atoms with E-state index in [1.165, 1.54) is 0 Å². The summed E-state index contributed by atoms with van der Waals surface area (Å²) in [6.07, 6.45) is 6.42. The second-order valence-corrected chi connectivity index (χ2v) is 8.01. The van der Waals surface area contributed by atoms with Crippen LogP contribution in [-0.4, -0.2) is 61.1 Å². The first-order valence-electron chi connectivity index (χ1n) is 10.6. The molecule has 2 fully saturated rings. The number of hydrogen-bond acceptors (Lipinski definition) is 7. The van der Waals surface area contributed by atoms with Crippen LogP contribution in [0.15, 0.2) is 36.7 Å². The van der Waals surface area contributed by atoms with Crippen LogP contribution in [0.1, 0.15) is 25.3 Å². The zero-order valence-corrected chi connectivity index (χ0v) is 16.9. The summed E-state index contributed by atoms with van der Waals surface area (Å²) in [7, 11) is 0. The molecule has 1 aromatic carbocycles. The molecule has 31 heavy (non-hydrogen) atoms. The molecule has 2 N–H and O–H groups in total. The second-order valence-electron chi connectivity index (χ2n) is 8.01. The van der Waals surface area contributed by atoms with Gasteiger partial charge in [-0.05, 0) is 31.4 Å². The van der Waals surface area contributed by atoms with Gasteiger partial charge in [0.1, 0.15) is 6.04 Å². The summed E-state index contributed by atoms with van der Waals surface area (Å²) in [5.74, 6) is 1.07. The Labute approximate surface area is 177 Å². The second kappa shape index (κ2) is 7.31. The summed E-state index contributed by atoms with van der Waals surface area (Å²) in [6.45, 7) is 2.05. The van der Waals surface area contributed by atoms with E-state index in [2.05, 4.69) is 15.7 Å². The summed E-state index contributed by atoms with van der Waals surface area (Å²) < 4.78 is 8.85. The molecule has 1 atom stereocenters. The van der Waals surface area contributed by atoms with Crippen molar-refractivity contribution in [2.24, 2.45) is 0 Å². The highest BCUT2D eigenvalue weighted by atomic mass is 16.5. The Morgan fingerprint density at radius 3 is 2.94 bits per heavy atom. The van der Waals surface area contributed by atoms with Crippen molar-refractivity contribution in [3.63, 3.8) is 0 Å². The molecule has 2 saturated heterocycles. The lowest BCUT2D eigenvalue weighted by Crippen LogP contribution is -2.38. The van der Waals surface area contributed by atoms with Gasteiger partial charge in [-0.2, -0.15) is 9.61 Å². The van der Waals surface area contributed by atoms with Crippen molar-refractivity contribution in [2.75, 3.05) is 25.1 Å². The number of hydrogen-bond donors (Lipinski definition) is 2. The van der Waals surface area contributed by atoms with Crippen LogP contribution in [0.2, 0.25) is 0 Å². The number of para-hydroxylation sites is 1. The highest BCUT2D eigenvalue weighted by Crippen LogP contribution is 2.26. The minimum absolute atomic E-state index is 0.00931. The van der Waals surface area contributed by atoms with E-state index in [-0.39, 0.29) is 18.0 Å². The van der Waals surface area contributed by atoms with Crippen molar-refractivity contribution in [3.05, 3.63) is 36.7 Å². The topological polar surface area (TPSA) is 111 Å². The number of amides is 1. The van der Waals surface area contributed by atoms with E-state index in [1.54, 1.807) is 10.7 Å². The van der Waals surface area contributed by atoms with Gasteiger partial charge in [0.05, 0.1) is 36.5 Å². The highest BCUT2D eigenvalue weighted by molar-refractivity contribution is 5.93. The van der Waals surface area contributed by atoms with Crippen LogP contribution >= 0.6 is 0 Å².